The molecule has 0 aromatic rings. The van der Waals surface area contributed by atoms with E-state index in [0.717, 1.165) is 0 Å². The lowest BCUT2D eigenvalue weighted by Gasteiger charge is -2.21. The van der Waals surface area contributed by atoms with Gasteiger partial charge in [0, 0.05) is 6.54 Å². The van der Waals surface area contributed by atoms with Gasteiger partial charge in [0.25, 0.3) is 0 Å². The van der Waals surface area contributed by atoms with Gasteiger partial charge < -0.3 is 10.0 Å². The molecule has 0 aromatic carbocycles. The van der Waals surface area contributed by atoms with Crippen LogP contribution in [-0.4, -0.2) is 41.8 Å². The second-order valence-electron chi connectivity index (χ2n) is 3.36. The van der Waals surface area contributed by atoms with E-state index < -0.39 is 5.60 Å². The van der Waals surface area contributed by atoms with Crippen LogP contribution in [0.5, 0.6) is 0 Å². The zero-order valence-electron chi connectivity index (χ0n) is 8.04. The Balaban J connectivity index is 2.45. The van der Waals surface area contributed by atoms with Crippen molar-refractivity contribution in [3.8, 4) is 0 Å². The highest BCUT2D eigenvalue weighted by Crippen LogP contribution is 2.23. The number of urea groups is 1. The summed E-state index contributed by atoms with van der Waals surface area (Å²) in [5.74, 6) is 0. The van der Waals surface area contributed by atoms with Gasteiger partial charge >= 0.3 is 6.03 Å². The highest BCUT2D eigenvalue weighted by Gasteiger charge is 2.36. The van der Waals surface area contributed by atoms with Crippen LogP contribution in [-0.2, 0) is 4.84 Å². The lowest BCUT2D eigenvalue weighted by atomic mass is 10.0. The Morgan fingerprint density at radius 2 is 2.46 bits per heavy atom. The summed E-state index contributed by atoms with van der Waals surface area (Å²) in [5, 5.41) is 9.83. The predicted octanol–water partition coefficient (Wildman–Crippen LogP) is 0.104. The Morgan fingerprint density at radius 1 is 1.77 bits per heavy atom. The summed E-state index contributed by atoms with van der Waals surface area (Å²) in [6.45, 7) is 2.88. The van der Waals surface area contributed by atoms with Crippen LogP contribution in [0.1, 0.15) is 19.8 Å². The van der Waals surface area contributed by atoms with Gasteiger partial charge in [-0.25, -0.2) is 10.3 Å². The second-order valence-corrected chi connectivity index (χ2v) is 3.36. The number of nitrogens with zero attached hydrogens (tertiary/aromatic N) is 1. The van der Waals surface area contributed by atoms with Crippen molar-refractivity contribution in [2.24, 2.45) is 0 Å². The maximum Gasteiger partial charge on any atom is 0.341 e. The number of likely N-dealkylation sites (tertiary alicyclic amines) is 1. The van der Waals surface area contributed by atoms with E-state index >= 15 is 0 Å². The van der Waals surface area contributed by atoms with Gasteiger partial charge in [-0.2, -0.15) is 0 Å². The van der Waals surface area contributed by atoms with Crippen LogP contribution in [0, 0.1) is 0 Å². The molecule has 13 heavy (non-hydrogen) atoms. The maximum atomic E-state index is 11.2. The van der Waals surface area contributed by atoms with Gasteiger partial charge in [-0.05, 0) is 12.8 Å². The fraction of sp³-hybridized carbons (Fsp3) is 0.875. The first kappa shape index (κ1) is 10.3. The van der Waals surface area contributed by atoms with Crippen molar-refractivity contribution < 1.29 is 14.7 Å². The van der Waals surface area contributed by atoms with Crippen molar-refractivity contribution >= 4 is 6.03 Å². The summed E-state index contributed by atoms with van der Waals surface area (Å²) in [6.07, 6.45) is 1.31. The summed E-state index contributed by atoms with van der Waals surface area (Å²) in [7, 11) is 1.39. The van der Waals surface area contributed by atoms with Crippen LogP contribution in [0.25, 0.3) is 0 Å². The molecule has 1 fully saturated rings. The lowest BCUT2D eigenvalue weighted by Crippen LogP contribution is -2.40. The van der Waals surface area contributed by atoms with Crippen LogP contribution in [0.4, 0.5) is 4.79 Å². The van der Waals surface area contributed by atoms with Crippen molar-refractivity contribution in [1.29, 1.82) is 0 Å². The third-order valence-corrected chi connectivity index (χ3v) is 2.47. The third-order valence-electron chi connectivity index (χ3n) is 2.47. The number of amides is 2. The molecule has 1 aliphatic rings. The van der Waals surface area contributed by atoms with Crippen molar-refractivity contribution in [1.82, 2.24) is 10.4 Å². The average molecular weight is 188 g/mol. The van der Waals surface area contributed by atoms with E-state index in [9.17, 15) is 9.90 Å². The molecular weight excluding hydrogens is 172 g/mol. The monoisotopic (exact) mass is 188 g/mol. The molecule has 1 atom stereocenters. The zero-order valence-corrected chi connectivity index (χ0v) is 8.04. The molecule has 1 rings (SSSR count). The molecule has 0 saturated carbocycles. The number of aliphatic hydroxyl groups is 1. The van der Waals surface area contributed by atoms with E-state index in [4.69, 9.17) is 0 Å². The molecule has 5 heteroatoms. The average Bonchev–Trinajstić information content (AvgIpc) is 2.50. The Labute approximate surface area is 77.6 Å². The fourth-order valence-electron chi connectivity index (χ4n) is 1.47. The minimum absolute atomic E-state index is 0.285. The molecule has 0 radical (unpaired) electrons. The molecule has 1 aliphatic heterocycles. The van der Waals surface area contributed by atoms with Crippen molar-refractivity contribution in [3.63, 3.8) is 0 Å². The number of carbonyl (C=O) groups excluding carboxylic acids is 1. The van der Waals surface area contributed by atoms with Crippen LogP contribution in [0.3, 0.4) is 0 Å². The van der Waals surface area contributed by atoms with E-state index in [0.29, 0.717) is 25.9 Å². The maximum absolute atomic E-state index is 11.2. The molecule has 76 valence electrons. The first-order valence-electron chi connectivity index (χ1n) is 4.41. The summed E-state index contributed by atoms with van der Waals surface area (Å²) >= 11 is 0. The molecular formula is C8H16N2O3. The molecule has 1 saturated heterocycles. The van der Waals surface area contributed by atoms with Crippen molar-refractivity contribution in [2.75, 3.05) is 20.2 Å². The van der Waals surface area contributed by atoms with E-state index in [1.54, 1.807) is 4.90 Å². The largest absolute Gasteiger partial charge is 0.388 e. The van der Waals surface area contributed by atoms with Gasteiger partial charge in [-0.15, -0.1) is 0 Å². The molecule has 0 spiro atoms. The number of nitrogens with one attached hydrogen (secondary N) is 1. The number of carbonyl (C=O) groups is 1. The minimum Gasteiger partial charge on any atom is -0.388 e. The quantitative estimate of drug-likeness (QED) is 0.604. The van der Waals surface area contributed by atoms with Gasteiger partial charge in [-0.3, -0.25) is 4.84 Å². The number of hydroxylamine groups is 1. The van der Waals surface area contributed by atoms with Gasteiger partial charge in [0.2, 0.25) is 0 Å². The molecule has 2 amide bonds. The third kappa shape index (κ3) is 2.32. The molecule has 1 heterocycles. The molecule has 0 aliphatic carbocycles. The summed E-state index contributed by atoms with van der Waals surface area (Å²) in [4.78, 5) is 17.3. The van der Waals surface area contributed by atoms with Crippen LogP contribution >= 0.6 is 0 Å². The first-order chi connectivity index (χ1) is 6.11. The minimum atomic E-state index is -0.703. The standard InChI is InChI=1S/C8H16N2O3/c1-3-8(12)4-5-10(6-8)7(11)9-13-2/h12H,3-6H2,1-2H3,(H,9,11). The van der Waals surface area contributed by atoms with Gasteiger partial charge in [0.15, 0.2) is 0 Å². The lowest BCUT2D eigenvalue weighted by molar-refractivity contribution is 0.0430. The van der Waals surface area contributed by atoms with Gasteiger partial charge in [0.05, 0.1) is 19.3 Å². The Morgan fingerprint density at radius 3 is 2.92 bits per heavy atom. The molecule has 5 nitrogen and oxygen atoms in total. The van der Waals surface area contributed by atoms with Gasteiger partial charge in [0.1, 0.15) is 0 Å². The molecule has 2 N–H and O–H groups in total. The normalized spacial score (nSPS) is 27.8. The second kappa shape index (κ2) is 3.93. The van der Waals surface area contributed by atoms with E-state index in [2.05, 4.69) is 10.3 Å². The molecule has 0 aromatic heterocycles. The van der Waals surface area contributed by atoms with Crippen molar-refractivity contribution in [2.45, 2.75) is 25.4 Å². The summed E-state index contributed by atoms with van der Waals surface area (Å²) in [5.41, 5.74) is 1.52. The zero-order chi connectivity index (χ0) is 9.90. The van der Waals surface area contributed by atoms with Crippen molar-refractivity contribution in [3.05, 3.63) is 0 Å². The molecule has 1 unspecified atom stereocenters. The number of rotatable bonds is 2. The molecule has 0 bridgehead atoms. The summed E-state index contributed by atoms with van der Waals surface area (Å²) < 4.78 is 0. The van der Waals surface area contributed by atoms with Crippen LogP contribution < -0.4 is 5.48 Å². The SMILES string of the molecule is CCC1(O)CCN(C(=O)NOC)C1. The number of hydrogen-bond acceptors (Lipinski definition) is 3. The smallest absolute Gasteiger partial charge is 0.341 e. The topological polar surface area (TPSA) is 61.8 Å². The fourth-order valence-corrected chi connectivity index (χ4v) is 1.47. The number of β-amino-alcohol motifs (C(OH)–C–C–N with tert-alkyl or cyclic N) is 1. The Hall–Kier alpha value is -0.810. The Kier molecular flexibility index (Phi) is 3.11. The summed E-state index contributed by atoms with van der Waals surface area (Å²) in [6, 6.07) is -0.285. The van der Waals surface area contributed by atoms with Crippen LogP contribution in [0.15, 0.2) is 0 Å². The highest BCUT2D eigenvalue weighted by molar-refractivity contribution is 5.73. The Bertz CT molecular complexity index is 198. The number of hydrogen-bond donors (Lipinski definition) is 2. The predicted molar refractivity (Wildman–Crippen MR) is 47.0 cm³/mol. The van der Waals surface area contributed by atoms with Gasteiger partial charge in [-0.1, -0.05) is 6.92 Å². The van der Waals surface area contributed by atoms with E-state index in [1.165, 1.54) is 7.11 Å². The highest BCUT2D eigenvalue weighted by atomic mass is 16.6. The first-order valence-corrected chi connectivity index (χ1v) is 4.41. The van der Waals surface area contributed by atoms with E-state index in [1.807, 2.05) is 6.92 Å². The van der Waals surface area contributed by atoms with Crippen LogP contribution in [0.2, 0.25) is 0 Å². The van der Waals surface area contributed by atoms with E-state index in [-0.39, 0.29) is 6.03 Å².